The van der Waals surface area contributed by atoms with Gasteiger partial charge in [-0.2, -0.15) is 0 Å². The van der Waals surface area contributed by atoms with Crippen LogP contribution >= 0.6 is 11.6 Å². The van der Waals surface area contributed by atoms with Crippen LogP contribution in [0.15, 0.2) is 24.3 Å². The SMILES string of the molecule is CCOC(=O)CCNC(=O)N1CCCCCC1c1ccc(Cl)cc1. The molecule has 1 aromatic carbocycles. The highest BCUT2D eigenvalue weighted by atomic mass is 35.5. The number of halogens is 1. The van der Waals surface area contributed by atoms with Crippen molar-refractivity contribution >= 4 is 23.6 Å². The third-order valence-corrected chi connectivity index (χ3v) is 4.43. The van der Waals surface area contributed by atoms with Crippen molar-refractivity contribution < 1.29 is 14.3 Å². The van der Waals surface area contributed by atoms with Crippen LogP contribution in [0.2, 0.25) is 5.02 Å². The molecule has 24 heavy (non-hydrogen) atoms. The van der Waals surface area contributed by atoms with Crippen LogP contribution < -0.4 is 5.32 Å². The Balaban J connectivity index is 1.99. The molecule has 1 saturated heterocycles. The Labute approximate surface area is 148 Å². The van der Waals surface area contributed by atoms with Crippen molar-refractivity contribution in [1.29, 1.82) is 0 Å². The molecular weight excluding hydrogens is 328 g/mol. The van der Waals surface area contributed by atoms with Gasteiger partial charge in [-0.3, -0.25) is 4.79 Å². The lowest BCUT2D eigenvalue weighted by Crippen LogP contribution is -2.42. The van der Waals surface area contributed by atoms with E-state index in [0.29, 0.717) is 18.2 Å². The summed E-state index contributed by atoms with van der Waals surface area (Å²) in [7, 11) is 0. The highest BCUT2D eigenvalue weighted by Gasteiger charge is 2.26. The van der Waals surface area contributed by atoms with Crippen LogP contribution in [0.1, 0.15) is 50.6 Å². The van der Waals surface area contributed by atoms with E-state index in [-0.39, 0.29) is 24.5 Å². The standard InChI is InChI=1S/C18H25ClN2O3/c1-2-24-17(22)11-12-20-18(23)21-13-5-3-4-6-16(21)14-7-9-15(19)10-8-14/h7-10,16H,2-6,11-13H2,1H3,(H,20,23). The smallest absolute Gasteiger partial charge is 0.317 e. The first kappa shape index (κ1) is 18.6. The van der Waals surface area contributed by atoms with Crippen LogP contribution in [0, 0.1) is 0 Å². The summed E-state index contributed by atoms with van der Waals surface area (Å²) in [5.74, 6) is -0.289. The molecule has 6 heteroatoms. The number of esters is 1. The van der Waals surface area contributed by atoms with Crippen molar-refractivity contribution in [2.45, 2.75) is 45.1 Å². The fourth-order valence-electron chi connectivity index (χ4n) is 2.99. The summed E-state index contributed by atoms with van der Waals surface area (Å²) < 4.78 is 4.87. The van der Waals surface area contributed by atoms with Crippen LogP contribution in [-0.4, -0.2) is 36.6 Å². The van der Waals surface area contributed by atoms with Gasteiger partial charge in [-0.05, 0) is 37.5 Å². The van der Waals surface area contributed by atoms with E-state index in [4.69, 9.17) is 16.3 Å². The van der Waals surface area contributed by atoms with Crippen molar-refractivity contribution in [3.8, 4) is 0 Å². The maximum absolute atomic E-state index is 12.6. The Morgan fingerprint density at radius 3 is 2.71 bits per heavy atom. The quantitative estimate of drug-likeness (QED) is 0.817. The van der Waals surface area contributed by atoms with Gasteiger partial charge >= 0.3 is 12.0 Å². The minimum atomic E-state index is -0.289. The molecule has 1 atom stereocenters. The molecule has 0 spiro atoms. The van der Waals surface area contributed by atoms with E-state index in [1.807, 2.05) is 29.2 Å². The maximum Gasteiger partial charge on any atom is 0.317 e. The van der Waals surface area contributed by atoms with Crippen LogP contribution in [0.3, 0.4) is 0 Å². The van der Waals surface area contributed by atoms with E-state index in [9.17, 15) is 9.59 Å². The number of likely N-dealkylation sites (tertiary alicyclic amines) is 1. The van der Waals surface area contributed by atoms with Gasteiger partial charge in [0.25, 0.3) is 0 Å². The molecule has 132 valence electrons. The van der Waals surface area contributed by atoms with Gasteiger partial charge in [-0.15, -0.1) is 0 Å². The Kier molecular flexibility index (Phi) is 7.37. The molecule has 2 amide bonds. The van der Waals surface area contributed by atoms with Gasteiger partial charge in [0.05, 0.1) is 19.1 Å². The maximum atomic E-state index is 12.6. The number of hydrogen-bond acceptors (Lipinski definition) is 3. The van der Waals surface area contributed by atoms with E-state index in [2.05, 4.69) is 5.32 Å². The molecule has 5 nitrogen and oxygen atoms in total. The fourth-order valence-corrected chi connectivity index (χ4v) is 3.12. The number of urea groups is 1. The molecule has 1 aliphatic heterocycles. The second kappa shape index (κ2) is 9.52. The fraction of sp³-hybridized carbons (Fsp3) is 0.556. The molecule has 1 unspecified atom stereocenters. The van der Waals surface area contributed by atoms with Crippen molar-refractivity contribution in [2.75, 3.05) is 19.7 Å². The van der Waals surface area contributed by atoms with Crippen LogP contribution in [0.25, 0.3) is 0 Å². The van der Waals surface area contributed by atoms with Gasteiger partial charge in [0, 0.05) is 18.1 Å². The van der Waals surface area contributed by atoms with Crippen LogP contribution in [0.4, 0.5) is 4.79 Å². The first-order valence-corrected chi connectivity index (χ1v) is 8.95. The van der Waals surface area contributed by atoms with Crippen molar-refractivity contribution in [3.63, 3.8) is 0 Å². The van der Waals surface area contributed by atoms with Gasteiger partial charge in [-0.25, -0.2) is 4.79 Å². The zero-order valence-corrected chi connectivity index (χ0v) is 14.8. The van der Waals surface area contributed by atoms with Crippen LogP contribution in [0.5, 0.6) is 0 Å². The van der Waals surface area contributed by atoms with E-state index >= 15 is 0 Å². The Morgan fingerprint density at radius 1 is 1.25 bits per heavy atom. The van der Waals surface area contributed by atoms with E-state index in [1.165, 1.54) is 0 Å². The topological polar surface area (TPSA) is 58.6 Å². The zero-order valence-electron chi connectivity index (χ0n) is 14.1. The number of carbonyl (C=O) groups excluding carboxylic acids is 2. The molecule has 0 aromatic heterocycles. The number of ether oxygens (including phenoxy) is 1. The summed E-state index contributed by atoms with van der Waals surface area (Å²) in [5, 5.41) is 3.53. The minimum absolute atomic E-state index is 0.0485. The highest BCUT2D eigenvalue weighted by Crippen LogP contribution is 2.30. The predicted octanol–water partition coefficient (Wildman–Crippen LogP) is 3.92. The van der Waals surface area contributed by atoms with Gasteiger partial charge < -0.3 is 15.0 Å². The summed E-state index contributed by atoms with van der Waals surface area (Å²) in [4.78, 5) is 25.8. The molecule has 1 aromatic rings. The largest absolute Gasteiger partial charge is 0.466 e. The van der Waals surface area contributed by atoms with Crippen molar-refractivity contribution in [1.82, 2.24) is 10.2 Å². The average molecular weight is 353 g/mol. The number of benzene rings is 1. The van der Waals surface area contributed by atoms with E-state index in [1.54, 1.807) is 6.92 Å². The predicted molar refractivity (Wildman–Crippen MR) is 94.0 cm³/mol. The minimum Gasteiger partial charge on any atom is -0.466 e. The Bertz CT molecular complexity index is 548. The van der Waals surface area contributed by atoms with Crippen molar-refractivity contribution in [3.05, 3.63) is 34.9 Å². The molecule has 0 bridgehead atoms. The van der Waals surface area contributed by atoms with Crippen molar-refractivity contribution in [2.24, 2.45) is 0 Å². The molecule has 1 N–H and O–H groups in total. The monoisotopic (exact) mass is 352 g/mol. The lowest BCUT2D eigenvalue weighted by molar-refractivity contribution is -0.142. The normalized spacial score (nSPS) is 17.9. The lowest BCUT2D eigenvalue weighted by atomic mass is 10.0. The summed E-state index contributed by atoms with van der Waals surface area (Å²) in [6, 6.07) is 7.61. The van der Waals surface area contributed by atoms with Gasteiger partial charge in [-0.1, -0.05) is 36.6 Å². The Hall–Kier alpha value is -1.75. The molecule has 0 aliphatic carbocycles. The molecular formula is C18H25ClN2O3. The summed E-state index contributed by atoms with van der Waals surface area (Å²) in [6.45, 7) is 3.14. The molecule has 0 saturated carbocycles. The summed E-state index contributed by atoms with van der Waals surface area (Å²) in [5.41, 5.74) is 1.10. The van der Waals surface area contributed by atoms with Gasteiger partial charge in [0.1, 0.15) is 0 Å². The van der Waals surface area contributed by atoms with Crippen LogP contribution in [-0.2, 0) is 9.53 Å². The zero-order chi connectivity index (χ0) is 17.4. The second-order valence-electron chi connectivity index (χ2n) is 5.90. The van der Waals surface area contributed by atoms with Gasteiger partial charge in [0.15, 0.2) is 0 Å². The van der Waals surface area contributed by atoms with E-state index in [0.717, 1.165) is 37.8 Å². The lowest BCUT2D eigenvalue weighted by Gasteiger charge is -2.30. The third-order valence-electron chi connectivity index (χ3n) is 4.18. The molecule has 0 radical (unpaired) electrons. The Morgan fingerprint density at radius 2 is 2.00 bits per heavy atom. The average Bonchev–Trinajstić information content (AvgIpc) is 2.81. The van der Waals surface area contributed by atoms with E-state index < -0.39 is 0 Å². The first-order chi connectivity index (χ1) is 11.6. The molecule has 1 heterocycles. The highest BCUT2D eigenvalue weighted by molar-refractivity contribution is 6.30. The first-order valence-electron chi connectivity index (χ1n) is 8.57. The van der Waals surface area contributed by atoms with Gasteiger partial charge in [0.2, 0.25) is 0 Å². The summed E-state index contributed by atoms with van der Waals surface area (Å²) >= 11 is 5.97. The number of amides is 2. The summed E-state index contributed by atoms with van der Waals surface area (Å²) in [6.07, 6.45) is 4.35. The number of carbonyl (C=O) groups is 2. The second-order valence-corrected chi connectivity index (χ2v) is 6.33. The number of hydrogen-bond donors (Lipinski definition) is 1. The third kappa shape index (κ3) is 5.41. The molecule has 1 fully saturated rings. The number of nitrogens with zero attached hydrogens (tertiary/aromatic N) is 1. The number of nitrogens with one attached hydrogen (secondary N) is 1. The molecule has 1 aliphatic rings. The number of rotatable bonds is 5. The molecule has 2 rings (SSSR count).